The lowest BCUT2D eigenvalue weighted by molar-refractivity contribution is -0.117. The summed E-state index contributed by atoms with van der Waals surface area (Å²) < 4.78 is 12.0. The number of aromatic nitrogens is 1. The average molecular weight is 424 g/mol. The van der Waals surface area contributed by atoms with E-state index in [1.807, 2.05) is 32.0 Å². The van der Waals surface area contributed by atoms with Crippen molar-refractivity contribution >= 4 is 28.4 Å². The number of amides is 2. The van der Waals surface area contributed by atoms with Crippen LogP contribution in [0.2, 0.25) is 0 Å². The molecule has 0 aliphatic rings. The second-order valence-corrected chi connectivity index (χ2v) is 7.00. The second kappa shape index (κ2) is 9.29. The van der Waals surface area contributed by atoms with E-state index in [0.717, 1.165) is 5.52 Å². The molecule has 1 heterocycles. The number of fused-ring (bicyclic) bond motifs is 1. The van der Waals surface area contributed by atoms with Crippen molar-refractivity contribution in [3.8, 4) is 17.4 Å². The molecule has 162 valence electrons. The van der Waals surface area contributed by atoms with Gasteiger partial charge in [-0.2, -0.15) is 0 Å². The predicted molar refractivity (Wildman–Crippen MR) is 115 cm³/mol. The predicted octanol–water partition coefficient (Wildman–Crippen LogP) is 3.99. The Hall–Kier alpha value is -3.88. The molecule has 0 radical (unpaired) electrons. The fourth-order valence-corrected chi connectivity index (χ4v) is 3.23. The van der Waals surface area contributed by atoms with Crippen LogP contribution in [0, 0.1) is 0 Å². The van der Waals surface area contributed by atoms with Crippen LogP contribution >= 0.6 is 0 Å². The smallest absolute Gasteiger partial charge is 0.283 e. The Labute approximate surface area is 179 Å². The minimum atomic E-state index is -0.658. The van der Waals surface area contributed by atoms with Crippen LogP contribution in [0.25, 0.3) is 10.9 Å². The maximum Gasteiger partial charge on any atom is 0.283 e. The van der Waals surface area contributed by atoms with Crippen molar-refractivity contribution in [2.75, 3.05) is 20.8 Å². The van der Waals surface area contributed by atoms with Crippen LogP contribution in [0.5, 0.6) is 17.4 Å². The summed E-state index contributed by atoms with van der Waals surface area (Å²) in [5.74, 6) is -0.303. The van der Waals surface area contributed by atoms with Gasteiger partial charge in [-0.05, 0) is 38.1 Å². The van der Waals surface area contributed by atoms with Gasteiger partial charge in [-0.1, -0.05) is 18.2 Å². The van der Waals surface area contributed by atoms with E-state index < -0.39 is 11.8 Å². The zero-order valence-electron chi connectivity index (χ0n) is 17.7. The van der Waals surface area contributed by atoms with E-state index in [9.17, 15) is 14.7 Å². The summed E-state index contributed by atoms with van der Waals surface area (Å²) >= 11 is 0. The van der Waals surface area contributed by atoms with Crippen LogP contribution in [-0.2, 0) is 4.79 Å². The van der Waals surface area contributed by atoms with Crippen LogP contribution in [-0.4, -0.2) is 42.3 Å². The molecular weight excluding hydrogens is 400 g/mol. The monoisotopic (exact) mass is 424 g/mol. The van der Waals surface area contributed by atoms with Gasteiger partial charge < -0.3 is 24.5 Å². The summed E-state index contributed by atoms with van der Waals surface area (Å²) in [4.78, 5) is 24.5. The number of nitrogens with one attached hydrogen (secondary N) is 1. The number of carbonyl (C=O) groups is 2. The summed E-state index contributed by atoms with van der Waals surface area (Å²) in [6, 6.07) is 12.0. The number of nitrogens with zero attached hydrogens (tertiary/aromatic N) is 3. The standard InChI is InChI=1S/C22H24N4O5/c1-13(2)26-16-8-6-5-7-15(16)20(22(26)29)25-24-19(27)12-23-21(28)14-9-10-17(30-3)18(11-14)31-4/h5-11,13,29H,12H2,1-4H3,(H,23,28). The average Bonchev–Trinajstić information content (AvgIpc) is 3.06. The topological polar surface area (TPSA) is 115 Å². The minimum Gasteiger partial charge on any atom is -0.493 e. The molecule has 0 unspecified atom stereocenters. The number of para-hydroxylation sites is 1. The molecular formula is C22H24N4O5. The molecule has 2 aromatic carbocycles. The Kier molecular flexibility index (Phi) is 6.54. The van der Waals surface area contributed by atoms with Crippen molar-refractivity contribution in [1.29, 1.82) is 0 Å². The lowest BCUT2D eigenvalue weighted by atomic mass is 10.2. The largest absolute Gasteiger partial charge is 0.493 e. The van der Waals surface area contributed by atoms with Crippen molar-refractivity contribution in [2.24, 2.45) is 10.2 Å². The van der Waals surface area contributed by atoms with E-state index >= 15 is 0 Å². The van der Waals surface area contributed by atoms with E-state index in [0.29, 0.717) is 22.4 Å². The molecule has 9 nitrogen and oxygen atoms in total. The zero-order valence-corrected chi connectivity index (χ0v) is 17.7. The first-order valence-electron chi connectivity index (χ1n) is 9.64. The fourth-order valence-electron chi connectivity index (χ4n) is 3.23. The Bertz CT molecular complexity index is 1150. The molecule has 0 spiro atoms. The Balaban J connectivity index is 1.72. The number of benzene rings is 2. The highest BCUT2D eigenvalue weighted by atomic mass is 16.5. The molecule has 0 aliphatic heterocycles. The molecule has 0 bridgehead atoms. The van der Waals surface area contributed by atoms with Crippen molar-refractivity contribution < 1.29 is 24.2 Å². The third kappa shape index (κ3) is 4.50. The molecule has 9 heteroatoms. The number of hydrogen-bond acceptors (Lipinski definition) is 6. The van der Waals surface area contributed by atoms with Gasteiger partial charge in [0.1, 0.15) is 6.54 Å². The van der Waals surface area contributed by atoms with Gasteiger partial charge in [-0.15, -0.1) is 10.2 Å². The zero-order chi connectivity index (χ0) is 22.5. The third-order valence-electron chi connectivity index (χ3n) is 4.68. The highest BCUT2D eigenvalue weighted by Gasteiger charge is 2.18. The van der Waals surface area contributed by atoms with Gasteiger partial charge in [-0.3, -0.25) is 9.59 Å². The highest BCUT2D eigenvalue weighted by Crippen LogP contribution is 2.40. The lowest BCUT2D eigenvalue weighted by Gasteiger charge is -2.10. The maximum absolute atomic E-state index is 12.3. The second-order valence-electron chi connectivity index (χ2n) is 7.00. The number of aromatic hydroxyl groups is 1. The fraction of sp³-hybridized carbons (Fsp3) is 0.273. The van der Waals surface area contributed by atoms with Crippen LogP contribution in [0.4, 0.5) is 5.69 Å². The number of azo groups is 1. The molecule has 2 amide bonds. The molecule has 1 aromatic heterocycles. The van der Waals surface area contributed by atoms with Gasteiger partial charge in [-0.25, -0.2) is 0 Å². The lowest BCUT2D eigenvalue weighted by Crippen LogP contribution is -2.28. The molecule has 0 atom stereocenters. The molecule has 3 aromatic rings. The van der Waals surface area contributed by atoms with Crippen LogP contribution < -0.4 is 14.8 Å². The normalized spacial score (nSPS) is 11.3. The van der Waals surface area contributed by atoms with Crippen molar-refractivity contribution in [3.63, 3.8) is 0 Å². The first kappa shape index (κ1) is 21.8. The summed E-state index contributed by atoms with van der Waals surface area (Å²) in [6.45, 7) is 3.52. The van der Waals surface area contributed by atoms with Gasteiger partial charge in [0.2, 0.25) is 5.88 Å². The maximum atomic E-state index is 12.3. The Morgan fingerprint density at radius 2 is 1.81 bits per heavy atom. The van der Waals surface area contributed by atoms with E-state index in [1.54, 1.807) is 22.8 Å². The van der Waals surface area contributed by atoms with Crippen LogP contribution in [0.1, 0.15) is 30.2 Å². The summed E-state index contributed by atoms with van der Waals surface area (Å²) in [5, 5.41) is 21.3. The van der Waals surface area contributed by atoms with Crippen LogP contribution in [0.15, 0.2) is 52.7 Å². The van der Waals surface area contributed by atoms with Gasteiger partial charge in [0.15, 0.2) is 17.2 Å². The molecule has 0 fully saturated rings. The molecule has 31 heavy (non-hydrogen) atoms. The van der Waals surface area contributed by atoms with Gasteiger partial charge in [0.25, 0.3) is 11.8 Å². The number of hydrogen-bond donors (Lipinski definition) is 2. The number of rotatable bonds is 7. The summed E-state index contributed by atoms with van der Waals surface area (Å²) in [6.07, 6.45) is 0. The van der Waals surface area contributed by atoms with E-state index in [1.165, 1.54) is 20.3 Å². The SMILES string of the molecule is COc1ccc(C(=O)NCC(=O)N=Nc2c(O)n(C(C)C)c3ccccc23)cc1OC. The number of carbonyl (C=O) groups excluding carboxylic acids is 2. The molecule has 0 saturated carbocycles. The first-order valence-corrected chi connectivity index (χ1v) is 9.64. The van der Waals surface area contributed by atoms with E-state index in [4.69, 9.17) is 9.47 Å². The van der Waals surface area contributed by atoms with E-state index in [2.05, 4.69) is 15.5 Å². The highest BCUT2D eigenvalue weighted by molar-refractivity contribution is 5.97. The molecule has 0 aliphatic carbocycles. The summed E-state index contributed by atoms with van der Waals surface area (Å²) in [5.41, 5.74) is 1.31. The Morgan fingerprint density at radius 3 is 2.48 bits per heavy atom. The van der Waals surface area contributed by atoms with Crippen molar-refractivity contribution in [2.45, 2.75) is 19.9 Å². The number of methoxy groups -OCH3 is 2. The quantitative estimate of drug-likeness (QED) is 0.557. The van der Waals surface area contributed by atoms with Gasteiger partial charge in [0, 0.05) is 17.0 Å². The first-order chi connectivity index (χ1) is 14.9. The van der Waals surface area contributed by atoms with Crippen molar-refractivity contribution in [3.05, 3.63) is 48.0 Å². The molecule has 2 N–H and O–H groups in total. The van der Waals surface area contributed by atoms with Crippen molar-refractivity contribution in [1.82, 2.24) is 9.88 Å². The summed E-state index contributed by atoms with van der Waals surface area (Å²) in [7, 11) is 2.97. The third-order valence-corrected chi connectivity index (χ3v) is 4.68. The van der Waals surface area contributed by atoms with Crippen LogP contribution in [0.3, 0.4) is 0 Å². The molecule has 3 rings (SSSR count). The minimum absolute atomic E-state index is 0.00896. The van der Waals surface area contributed by atoms with Gasteiger partial charge >= 0.3 is 0 Å². The number of ether oxygens (including phenoxy) is 2. The Morgan fingerprint density at radius 1 is 1.10 bits per heavy atom. The van der Waals surface area contributed by atoms with Gasteiger partial charge in [0.05, 0.1) is 19.7 Å². The van der Waals surface area contributed by atoms with E-state index in [-0.39, 0.29) is 24.2 Å². The molecule has 0 saturated heterocycles.